The highest BCUT2D eigenvalue weighted by Crippen LogP contribution is 2.28. The minimum Gasteiger partial charge on any atom is -0.494 e. The van der Waals surface area contributed by atoms with Crippen molar-refractivity contribution in [3.05, 3.63) is 64.2 Å². The van der Waals surface area contributed by atoms with Gasteiger partial charge >= 0.3 is 0 Å². The van der Waals surface area contributed by atoms with E-state index in [4.69, 9.17) is 11.6 Å². The van der Waals surface area contributed by atoms with E-state index < -0.39 is 0 Å². The molecule has 0 unspecified atom stereocenters. The highest BCUT2D eigenvalue weighted by Gasteiger charge is 2.09. The molecule has 2 aromatic carbocycles. The molecule has 0 atom stereocenters. The smallest absolute Gasteiger partial charge is 0.198 e. The number of aromatic nitrogens is 1. The number of fused-ring (bicyclic) bond motifs is 1. The first-order valence-corrected chi connectivity index (χ1v) is 7.07. The Labute approximate surface area is 127 Å². The number of aromatic hydroxyl groups is 1. The molecular weight excluding hydrogens is 284 g/mol. The van der Waals surface area contributed by atoms with Gasteiger partial charge in [-0.15, -0.1) is 0 Å². The molecule has 0 bridgehead atoms. The highest BCUT2D eigenvalue weighted by atomic mass is 35.5. The van der Waals surface area contributed by atoms with E-state index in [0.29, 0.717) is 17.1 Å². The summed E-state index contributed by atoms with van der Waals surface area (Å²) in [6.07, 6.45) is 1.69. The molecule has 0 saturated carbocycles. The summed E-state index contributed by atoms with van der Waals surface area (Å²) < 4.78 is 0. The Balaban J connectivity index is 1.91. The fraction of sp³-hybridized carbons (Fsp3) is 0.118. The Morgan fingerprint density at radius 1 is 1.24 bits per heavy atom. The lowest BCUT2D eigenvalue weighted by Crippen LogP contribution is -1.87. The molecule has 1 heterocycles. The van der Waals surface area contributed by atoms with E-state index in [-0.39, 0.29) is 5.88 Å². The zero-order valence-corrected chi connectivity index (χ0v) is 12.4. The van der Waals surface area contributed by atoms with E-state index in [1.165, 1.54) is 11.1 Å². The third kappa shape index (κ3) is 2.78. The third-order valence-electron chi connectivity index (χ3n) is 3.52. The van der Waals surface area contributed by atoms with E-state index in [1.807, 2.05) is 24.3 Å². The number of benzene rings is 2. The molecule has 0 spiro atoms. The van der Waals surface area contributed by atoms with E-state index in [2.05, 4.69) is 29.0 Å². The molecule has 0 aliphatic rings. The molecule has 1 aromatic heterocycles. The van der Waals surface area contributed by atoms with Gasteiger partial charge in [-0.05, 0) is 36.2 Å². The van der Waals surface area contributed by atoms with E-state index in [9.17, 15) is 5.11 Å². The maximum atomic E-state index is 9.99. The topological polar surface area (TPSA) is 48.4 Å². The second-order valence-electron chi connectivity index (χ2n) is 4.97. The molecule has 2 N–H and O–H groups in total. The molecule has 3 nitrogen and oxygen atoms in total. The maximum Gasteiger partial charge on any atom is 0.198 e. The van der Waals surface area contributed by atoms with Crippen molar-refractivity contribution in [2.45, 2.75) is 13.5 Å². The number of halogens is 1. The summed E-state index contributed by atoms with van der Waals surface area (Å²) in [6.45, 7) is 2.65. The Bertz CT molecular complexity index is 821. The summed E-state index contributed by atoms with van der Waals surface area (Å²) in [5, 5.41) is 11.5. The largest absolute Gasteiger partial charge is 0.494 e. The minimum absolute atomic E-state index is 0.112. The fourth-order valence-corrected chi connectivity index (χ4v) is 2.50. The van der Waals surface area contributed by atoms with Gasteiger partial charge in [0, 0.05) is 22.1 Å². The molecule has 0 radical (unpaired) electrons. The Morgan fingerprint density at radius 3 is 2.86 bits per heavy atom. The molecule has 0 amide bonds. The molecule has 0 fully saturated rings. The van der Waals surface area contributed by atoms with Crippen LogP contribution in [0.15, 0.2) is 47.5 Å². The fourth-order valence-electron chi connectivity index (χ4n) is 2.32. The number of H-pyrrole nitrogens is 1. The van der Waals surface area contributed by atoms with Gasteiger partial charge in [-0.25, -0.2) is 0 Å². The average Bonchev–Trinajstić information content (AvgIpc) is 2.77. The van der Waals surface area contributed by atoms with E-state index in [0.717, 1.165) is 10.9 Å². The van der Waals surface area contributed by atoms with Gasteiger partial charge in [0.2, 0.25) is 0 Å². The van der Waals surface area contributed by atoms with Crippen LogP contribution in [0.25, 0.3) is 10.9 Å². The van der Waals surface area contributed by atoms with Crippen molar-refractivity contribution in [1.82, 2.24) is 4.98 Å². The van der Waals surface area contributed by atoms with Crippen LogP contribution >= 0.6 is 11.6 Å². The normalized spacial score (nSPS) is 11.5. The van der Waals surface area contributed by atoms with E-state index >= 15 is 0 Å². The lowest BCUT2D eigenvalue weighted by atomic mass is 10.1. The third-order valence-corrected chi connectivity index (χ3v) is 3.76. The van der Waals surface area contributed by atoms with Crippen molar-refractivity contribution < 1.29 is 5.11 Å². The van der Waals surface area contributed by atoms with Gasteiger partial charge in [0.1, 0.15) is 0 Å². The summed E-state index contributed by atoms with van der Waals surface area (Å²) in [4.78, 5) is 7.36. The van der Waals surface area contributed by atoms with Gasteiger partial charge in [0.25, 0.3) is 0 Å². The average molecular weight is 299 g/mol. The monoisotopic (exact) mass is 298 g/mol. The lowest BCUT2D eigenvalue weighted by Gasteiger charge is -2.00. The standard InChI is InChI=1S/C17H15ClN2O/c1-11-4-2-3-5-12(11)9-19-10-15-14-8-13(18)6-7-16(14)20-17(15)21/h2-8,10,20-21H,9H2,1H3. The van der Waals surface area contributed by atoms with Gasteiger partial charge in [-0.2, -0.15) is 0 Å². The SMILES string of the molecule is Cc1ccccc1CN=Cc1c(O)[nH]c2ccc(Cl)cc12. The molecular formula is C17H15ClN2O. The van der Waals surface area contributed by atoms with Crippen molar-refractivity contribution in [1.29, 1.82) is 0 Å². The molecule has 0 saturated heterocycles. The van der Waals surface area contributed by atoms with Crippen LogP contribution in [-0.2, 0) is 6.54 Å². The molecule has 0 aliphatic carbocycles. The van der Waals surface area contributed by atoms with Crippen LogP contribution < -0.4 is 0 Å². The quantitative estimate of drug-likeness (QED) is 0.689. The number of aryl methyl sites for hydroxylation is 1. The number of aromatic amines is 1. The predicted octanol–water partition coefficient (Wildman–Crippen LogP) is 4.45. The lowest BCUT2D eigenvalue weighted by molar-refractivity contribution is 0.457. The maximum absolute atomic E-state index is 9.99. The van der Waals surface area contributed by atoms with Crippen LogP contribution in [0.3, 0.4) is 0 Å². The molecule has 106 valence electrons. The van der Waals surface area contributed by atoms with Crippen LogP contribution in [0.2, 0.25) is 5.02 Å². The van der Waals surface area contributed by atoms with Crippen LogP contribution in [0.5, 0.6) is 5.88 Å². The molecule has 3 rings (SSSR count). The van der Waals surface area contributed by atoms with Gasteiger partial charge in [-0.3, -0.25) is 4.99 Å². The second-order valence-corrected chi connectivity index (χ2v) is 5.41. The van der Waals surface area contributed by atoms with Crippen molar-refractivity contribution in [3.8, 4) is 5.88 Å². The summed E-state index contributed by atoms with van der Waals surface area (Å²) in [6, 6.07) is 13.6. The number of aliphatic imine (C=N–C) groups is 1. The summed E-state index contributed by atoms with van der Waals surface area (Å²) in [5.74, 6) is 0.112. The van der Waals surface area contributed by atoms with Crippen molar-refractivity contribution in [3.63, 3.8) is 0 Å². The Morgan fingerprint density at radius 2 is 2.05 bits per heavy atom. The van der Waals surface area contributed by atoms with Crippen LogP contribution in [0.1, 0.15) is 16.7 Å². The second kappa shape index (κ2) is 5.62. The number of rotatable bonds is 3. The summed E-state index contributed by atoms with van der Waals surface area (Å²) in [5.41, 5.74) is 3.89. The van der Waals surface area contributed by atoms with Crippen molar-refractivity contribution >= 4 is 28.7 Å². The van der Waals surface area contributed by atoms with Gasteiger partial charge < -0.3 is 10.1 Å². The zero-order valence-electron chi connectivity index (χ0n) is 11.6. The predicted molar refractivity (Wildman–Crippen MR) is 87.5 cm³/mol. The number of nitrogens with zero attached hydrogens (tertiary/aromatic N) is 1. The minimum atomic E-state index is 0.112. The Kier molecular flexibility index (Phi) is 3.67. The van der Waals surface area contributed by atoms with Gasteiger partial charge in [0.05, 0.1) is 12.1 Å². The van der Waals surface area contributed by atoms with Gasteiger partial charge in [0.15, 0.2) is 5.88 Å². The summed E-state index contributed by atoms with van der Waals surface area (Å²) >= 11 is 6.01. The van der Waals surface area contributed by atoms with Gasteiger partial charge in [-0.1, -0.05) is 35.9 Å². The molecule has 0 aliphatic heterocycles. The van der Waals surface area contributed by atoms with Crippen LogP contribution in [0, 0.1) is 6.92 Å². The van der Waals surface area contributed by atoms with Crippen molar-refractivity contribution in [2.24, 2.45) is 4.99 Å². The van der Waals surface area contributed by atoms with Crippen LogP contribution in [-0.4, -0.2) is 16.3 Å². The number of hydrogen-bond acceptors (Lipinski definition) is 2. The first-order valence-electron chi connectivity index (χ1n) is 6.69. The van der Waals surface area contributed by atoms with Crippen LogP contribution in [0.4, 0.5) is 0 Å². The molecule has 3 aromatic rings. The molecule has 4 heteroatoms. The zero-order chi connectivity index (χ0) is 14.8. The Hall–Kier alpha value is -2.26. The first kappa shape index (κ1) is 13.7. The molecule has 21 heavy (non-hydrogen) atoms. The van der Waals surface area contributed by atoms with Crippen molar-refractivity contribution in [2.75, 3.05) is 0 Å². The highest BCUT2D eigenvalue weighted by molar-refractivity contribution is 6.31. The van der Waals surface area contributed by atoms with E-state index in [1.54, 1.807) is 12.3 Å². The number of hydrogen-bond donors (Lipinski definition) is 2. The summed E-state index contributed by atoms with van der Waals surface area (Å²) in [7, 11) is 0. The first-order chi connectivity index (χ1) is 10.1. The number of nitrogens with one attached hydrogen (secondary N) is 1.